The number of amides is 1. The summed E-state index contributed by atoms with van der Waals surface area (Å²) in [5.41, 5.74) is 4.45. The van der Waals surface area contributed by atoms with Crippen LogP contribution in [0.4, 0.5) is 5.13 Å². The van der Waals surface area contributed by atoms with Gasteiger partial charge in [-0.05, 0) is 36.1 Å². The van der Waals surface area contributed by atoms with Crippen molar-refractivity contribution in [1.29, 1.82) is 0 Å². The van der Waals surface area contributed by atoms with Crippen molar-refractivity contribution < 1.29 is 9.53 Å². The lowest BCUT2D eigenvalue weighted by atomic mass is 10.1. The van der Waals surface area contributed by atoms with Crippen LogP contribution in [-0.2, 0) is 17.6 Å². The van der Waals surface area contributed by atoms with Gasteiger partial charge in [0.15, 0.2) is 11.7 Å². The van der Waals surface area contributed by atoms with Crippen molar-refractivity contribution in [3.8, 4) is 17.0 Å². The molecule has 0 aliphatic carbocycles. The number of aryl methyl sites for hydroxylation is 2. The zero-order valence-corrected chi connectivity index (χ0v) is 15.8. The molecule has 0 bridgehead atoms. The first-order valence-corrected chi connectivity index (χ1v) is 9.62. The van der Waals surface area contributed by atoms with E-state index in [0.29, 0.717) is 10.9 Å². The van der Waals surface area contributed by atoms with Crippen molar-refractivity contribution in [2.24, 2.45) is 0 Å². The fourth-order valence-electron chi connectivity index (χ4n) is 2.50. The number of nitrogens with one attached hydrogen (secondary N) is 1. The molecule has 0 atom stereocenters. The molecule has 3 aromatic rings. The lowest BCUT2D eigenvalue weighted by molar-refractivity contribution is -0.118. The van der Waals surface area contributed by atoms with E-state index < -0.39 is 0 Å². The predicted molar refractivity (Wildman–Crippen MR) is 107 cm³/mol. The summed E-state index contributed by atoms with van der Waals surface area (Å²) in [4.78, 5) is 16.6. The standard InChI is InChI=1S/C21H22N2O2S/c1-3-15-5-9-17(10-6-15)19-14-26-21(22-19)23-20(24)13-25-18-11-7-16(4-2)8-12-18/h5-12,14H,3-4,13H2,1-2H3,(H,22,23,24). The first kappa shape index (κ1) is 18.1. The largest absolute Gasteiger partial charge is 0.484 e. The Balaban J connectivity index is 1.55. The Morgan fingerprint density at radius 3 is 2.23 bits per heavy atom. The lowest BCUT2D eigenvalue weighted by Crippen LogP contribution is -2.20. The van der Waals surface area contributed by atoms with Crippen LogP contribution in [0.3, 0.4) is 0 Å². The summed E-state index contributed by atoms with van der Waals surface area (Å²) in [7, 11) is 0. The Kier molecular flexibility index (Phi) is 6.02. The highest BCUT2D eigenvalue weighted by Crippen LogP contribution is 2.25. The normalized spacial score (nSPS) is 10.5. The van der Waals surface area contributed by atoms with Crippen LogP contribution in [-0.4, -0.2) is 17.5 Å². The van der Waals surface area contributed by atoms with Gasteiger partial charge >= 0.3 is 0 Å². The molecular formula is C21H22N2O2S. The van der Waals surface area contributed by atoms with Gasteiger partial charge in [0.1, 0.15) is 5.75 Å². The quantitative estimate of drug-likeness (QED) is 0.643. The number of carbonyl (C=O) groups is 1. The molecule has 0 saturated heterocycles. The third-order valence-corrected chi connectivity index (χ3v) is 4.87. The van der Waals surface area contributed by atoms with Crippen LogP contribution in [0.15, 0.2) is 53.9 Å². The third-order valence-electron chi connectivity index (χ3n) is 4.11. The van der Waals surface area contributed by atoms with Crippen LogP contribution in [0.25, 0.3) is 11.3 Å². The molecule has 1 heterocycles. The first-order chi connectivity index (χ1) is 12.7. The molecule has 1 aromatic heterocycles. The highest BCUT2D eigenvalue weighted by atomic mass is 32.1. The van der Waals surface area contributed by atoms with Crippen LogP contribution in [0.5, 0.6) is 5.75 Å². The molecular weight excluding hydrogens is 344 g/mol. The van der Waals surface area contributed by atoms with Gasteiger partial charge < -0.3 is 4.74 Å². The zero-order valence-electron chi connectivity index (χ0n) is 15.0. The van der Waals surface area contributed by atoms with Crippen LogP contribution in [0.2, 0.25) is 0 Å². The maximum atomic E-state index is 12.1. The van der Waals surface area contributed by atoms with E-state index in [2.05, 4.69) is 48.4 Å². The molecule has 0 unspecified atom stereocenters. The van der Waals surface area contributed by atoms with Crippen LogP contribution in [0, 0.1) is 0 Å². The fraction of sp³-hybridized carbons (Fsp3) is 0.238. The van der Waals surface area contributed by atoms with E-state index in [1.165, 1.54) is 22.5 Å². The Hall–Kier alpha value is -2.66. The highest BCUT2D eigenvalue weighted by Gasteiger charge is 2.09. The van der Waals surface area contributed by atoms with Crippen LogP contribution >= 0.6 is 11.3 Å². The van der Waals surface area contributed by atoms with Gasteiger partial charge in [0.25, 0.3) is 5.91 Å². The smallest absolute Gasteiger partial charge is 0.264 e. The molecule has 4 nitrogen and oxygen atoms in total. The zero-order chi connectivity index (χ0) is 18.4. The summed E-state index contributed by atoms with van der Waals surface area (Å²) in [6.45, 7) is 4.20. The molecule has 0 saturated carbocycles. The maximum Gasteiger partial charge on any atom is 0.264 e. The maximum absolute atomic E-state index is 12.1. The summed E-state index contributed by atoms with van der Waals surface area (Å²) < 4.78 is 5.52. The van der Waals surface area contributed by atoms with E-state index >= 15 is 0 Å². The van der Waals surface area contributed by atoms with Crippen molar-refractivity contribution >= 4 is 22.4 Å². The fourth-order valence-corrected chi connectivity index (χ4v) is 3.24. The van der Waals surface area contributed by atoms with Crippen molar-refractivity contribution in [2.45, 2.75) is 26.7 Å². The molecule has 2 aromatic carbocycles. The summed E-state index contributed by atoms with van der Waals surface area (Å²) in [5, 5.41) is 5.31. The monoisotopic (exact) mass is 366 g/mol. The van der Waals surface area contributed by atoms with Crippen LogP contribution < -0.4 is 10.1 Å². The molecule has 5 heteroatoms. The second-order valence-electron chi connectivity index (χ2n) is 5.92. The SMILES string of the molecule is CCc1ccc(OCC(=O)Nc2nc(-c3ccc(CC)cc3)cs2)cc1. The van der Waals surface area contributed by atoms with E-state index in [4.69, 9.17) is 4.74 Å². The summed E-state index contributed by atoms with van der Waals surface area (Å²) in [5.74, 6) is 0.472. The number of anilines is 1. The number of carbonyl (C=O) groups excluding carboxylic acids is 1. The van der Waals surface area contributed by atoms with Gasteiger partial charge in [-0.25, -0.2) is 4.98 Å². The van der Waals surface area contributed by atoms with Gasteiger partial charge in [-0.1, -0.05) is 50.2 Å². The molecule has 0 aliphatic heterocycles. The van der Waals surface area contributed by atoms with Gasteiger partial charge in [0.05, 0.1) is 5.69 Å². The number of benzene rings is 2. The Morgan fingerprint density at radius 1 is 1.00 bits per heavy atom. The van der Waals surface area contributed by atoms with E-state index in [1.54, 1.807) is 0 Å². The second-order valence-corrected chi connectivity index (χ2v) is 6.78. The number of aromatic nitrogens is 1. The predicted octanol–water partition coefficient (Wildman–Crippen LogP) is 4.95. The summed E-state index contributed by atoms with van der Waals surface area (Å²) >= 11 is 1.41. The van der Waals surface area contributed by atoms with Crippen molar-refractivity contribution in [3.63, 3.8) is 0 Å². The van der Waals surface area contributed by atoms with Crippen LogP contribution in [0.1, 0.15) is 25.0 Å². The van der Waals surface area contributed by atoms with Gasteiger partial charge in [0.2, 0.25) is 0 Å². The number of nitrogens with zero attached hydrogens (tertiary/aromatic N) is 1. The number of ether oxygens (including phenoxy) is 1. The number of rotatable bonds is 7. The molecule has 0 spiro atoms. The molecule has 3 rings (SSSR count). The summed E-state index contributed by atoms with van der Waals surface area (Å²) in [6.07, 6.45) is 1.99. The van der Waals surface area contributed by atoms with Gasteiger partial charge in [-0.15, -0.1) is 11.3 Å². The van der Waals surface area contributed by atoms with E-state index in [9.17, 15) is 4.79 Å². The van der Waals surface area contributed by atoms with E-state index in [1.807, 2.05) is 29.6 Å². The number of thiazole rings is 1. The topological polar surface area (TPSA) is 51.2 Å². The van der Waals surface area contributed by atoms with Gasteiger partial charge in [0, 0.05) is 10.9 Å². The Bertz CT molecular complexity index is 854. The molecule has 0 fully saturated rings. The number of hydrogen-bond acceptors (Lipinski definition) is 4. The molecule has 26 heavy (non-hydrogen) atoms. The van der Waals surface area contributed by atoms with E-state index in [-0.39, 0.29) is 12.5 Å². The Morgan fingerprint density at radius 2 is 1.62 bits per heavy atom. The van der Waals surface area contributed by atoms with Gasteiger partial charge in [-0.3, -0.25) is 10.1 Å². The van der Waals surface area contributed by atoms with Crippen molar-refractivity contribution in [2.75, 3.05) is 11.9 Å². The average Bonchev–Trinajstić information content (AvgIpc) is 3.15. The highest BCUT2D eigenvalue weighted by molar-refractivity contribution is 7.14. The van der Waals surface area contributed by atoms with Crippen molar-refractivity contribution in [3.05, 3.63) is 65.0 Å². The minimum atomic E-state index is -0.216. The minimum absolute atomic E-state index is 0.0361. The molecule has 134 valence electrons. The van der Waals surface area contributed by atoms with E-state index in [0.717, 1.165) is 24.1 Å². The minimum Gasteiger partial charge on any atom is -0.484 e. The molecule has 0 aliphatic rings. The molecule has 1 N–H and O–H groups in total. The van der Waals surface area contributed by atoms with Crippen molar-refractivity contribution in [1.82, 2.24) is 4.98 Å². The molecule has 1 amide bonds. The summed E-state index contributed by atoms with van der Waals surface area (Å²) in [6, 6.07) is 16.1. The second kappa shape index (κ2) is 8.63. The van der Waals surface area contributed by atoms with Gasteiger partial charge in [-0.2, -0.15) is 0 Å². The third kappa shape index (κ3) is 4.70. The average molecular weight is 366 g/mol. The molecule has 0 radical (unpaired) electrons. The first-order valence-electron chi connectivity index (χ1n) is 8.74. The lowest BCUT2D eigenvalue weighted by Gasteiger charge is -2.06. The Labute approximate surface area is 157 Å². The number of hydrogen-bond donors (Lipinski definition) is 1.